The van der Waals surface area contributed by atoms with Gasteiger partial charge in [0.15, 0.2) is 0 Å². The van der Waals surface area contributed by atoms with Crippen molar-refractivity contribution in [1.82, 2.24) is 9.55 Å². The number of rotatable bonds is 3. The molecule has 0 bridgehead atoms. The lowest BCUT2D eigenvalue weighted by Gasteiger charge is -2.04. The summed E-state index contributed by atoms with van der Waals surface area (Å²) in [6.07, 6.45) is 1.55. The van der Waals surface area contributed by atoms with Gasteiger partial charge >= 0.3 is 0 Å². The van der Waals surface area contributed by atoms with Gasteiger partial charge in [-0.05, 0) is 37.3 Å². The standard InChI is InChI=1S/C15H14N2O3S/c1-9(18)6-12-7-13-14(21-12)15(20)17(8-16-13)10-2-4-11(19)5-3-10/h2-5,7-9,18-19H,6H2,1H3. The Hall–Kier alpha value is -2.18. The highest BCUT2D eigenvalue weighted by molar-refractivity contribution is 7.18. The van der Waals surface area contributed by atoms with Crippen molar-refractivity contribution >= 4 is 21.6 Å². The van der Waals surface area contributed by atoms with Crippen LogP contribution in [-0.2, 0) is 6.42 Å². The zero-order chi connectivity index (χ0) is 15.0. The predicted octanol–water partition coefficient (Wildman–Crippen LogP) is 2.08. The van der Waals surface area contributed by atoms with E-state index in [-0.39, 0.29) is 11.3 Å². The Morgan fingerprint density at radius 1 is 1.33 bits per heavy atom. The average Bonchev–Trinajstić information content (AvgIpc) is 2.83. The molecule has 0 radical (unpaired) electrons. The van der Waals surface area contributed by atoms with Crippen molar-refractivity contribution in [2.45, 2.75) is 19.4 Å². The second-order valence-corrected chi connectivity index (χ2v) is 6.05. The molecule has 108 valence electrons. The van der Waals surface area contributed by atoms with Crippen LogP contribution in [0.4, 0.5) is 0 Å². The summed E-state index contributed by atoms with van der Waals surface area (Å²) in [5.74, 6) is 0.149. The van der Waals surface area contributed by atoms with E-state index in [1.165, 1.54) is 34.4 Å². The molecule has 3 rings (SSSR count). The molecule has 2 heterocycles. The summed E-state index contributed by atoms with van der Waals surface area (Å²) in [7, 11) is 0. The molecule has 2 aromatic heterocycles. The summed E-state index contributed by atoms with van der Waals surface area (Å²) in [6.45, 7) is 1.71. The van der Waals surface area contributed by atoms with E-state index in [9.17, 15) is 15.0 Å². The fourth-order valence-electron chi connectivity index (χ4n) is 2.15. The SMILES string of the molecule is CC(O)Cc1cc2ncn(-c3ccc(O)cc3)c(=O)c2s1. The molecule has 0 aliphatic carbocycles. The number of aromatic nitrogens is 2. The summed E-state index contributed by atoms with van der Waals surface area (Å²) < 4.78 is 2.02. The minimum absolute atomic E-state index is 0.146. The van der Waals surface area contributed by atoms with Gasteiger partial charge in [0, 0.05) is 11.3 Å². The third-order valence-electron chi connectivity index (χ3n) is 3.11. The summed E-state index contributed by atoms with van der Waals surface area (Å²) >= 11 is 1.36. The molecule has 2 N–H and O–H groups in total. The molecule has 0 aliphatic heterocycles. The van der Waals surface area contributed by atoms with Gasteiger partial charge in [-0.15, -0.1) is 11.3 Å². The summed E-state index contributed by atoms with van der Waals surface area (Å²) in [4.78, 5) is 17.8. The summed E-state index contributed by atoms with van der Waals surface area (Å²) in [5, 5.41) is 18.7. The maximum absolute atomic E-state index is 12.5. The molecular formula is C15H14N2O3S. The summed E-state index contributed by atoms with van der Waals surface area (Å²) in [6, 6.07) is 8.22. The fraction of sp³-hybridized carbons (Fsp3) is 0.200. The van der Waals surface area contributed by atoms with Crippen molar-refractivity contribution in [3.63, 3.8) is 0 Å². The normalized spacial score (nSPS) is 12.7. The largest absolute Gasteiger partial charge is 0.508 e. The van der Waals surface area contributed by atoms with E-state index in [0.29, 0.717) is 22.3 Å². The highest BCUT2D eigenvalue weighted by Crippen LogP contribution is 2.23. The number of thiophene rings is 1. The van der Waals surface area contributed by atoms with Crippen LogP contribution in [0.5, 0.6) is 5.75 Å². The van der Waals surface area contributed by atoms with Crippen LogP contribution >= 0.6 is 11.3 Å². The Morgan fingerprint density at radius 2 is 2.05 bits per heavy atom. The summed E-state index contributed by atoms with van der Waals surface area (Å²) in [5.41, 5.74) is 1.15. The van der Waals surface area contributed by atoms with Gasteiger partial charge in [-0.1, -0.05) is 0 Å². The monoisotopic (exact) mass is 302 g/mol. The predicted molar refractivity (Wildman–Crippen MR) is 82.3 cm³/mol. The average molecular weight is 302 g/mol. The van der Waals surface area contributed by atoms with E-state index in [1.807, 2.05) is 6.07 Å². The highest BCUT2D eigenvalue weighted by atomic mass is 32.1. The lowest BCUT2D eigenvalue weighted by Crippen LogP contribution is -2.17. The van der Waals surface area contributed by atoms with Crippen molar-refractivity contribution < 1.29 is 10.2 Å². The number of hydrogen-bond acceptors (Lipinski definition) is 5. The molecule has 21 heavy (non-hydrogen) atoms. The Balaban J connectivity index is 2.11. The third-order valence-corrected chi connectivity index (χ3v) is 4.25. The first-order chi connectivity index (χ1) is 10.0. The zero-order valence-electron chi connectivity index (χ0n) is 11.4. The molecule has 0 saturated carbocycles. The van der Waals surface area contributed by atoms with Crippen LogP contribution < -0.4 is 5.56 Å². The maximum Gasteiger partial charge on any atom is 0.275 e. The van der Waals surface area contributed by atoms with Gasteiger partial charge in [-0.3, -0.25) is 9.36 Å². The van der Waals surface area contributed by atoms with Crippen LogP contribution in [0.3, 0.4) is 0 Å². The molecule has 0 amide bonds. The number of aliphatic hydroxyl groups is 1. The van der Waals surface area contributed by atoms with E-state index >= 15 is 0 Å². The van der Waals surface area contributed by atoms with Crippen molar-refractivity contribution in [2.24, 2.45) is 0 Å². The van der Waals surface area contributed by atoms with E-state index < -0.39 is 6.10 Å². The number of phenolic OH excluding ortho intramolecular Hbond substituents is 1. The molecule has 1 unspecified atom stereocenters. The van der Waals surface area contributed by atoms with Crippen LogP contribution in [0.15, 0.2) is 41.5 Å². The molecule has 0 spiro atoms. The van der Waals surface area contributed by atoms with E-state index in [2.05, 4.69) is 4.98 Å². The van der Waals surface area contributed by atoms with E-state index in [0.717, 1.165) is 4.88 Å². The molecule has 0 aliphatic rings. The molecule has 5 nitrogen and oxygen atoms in total. The second-order valence-electron chi connectivity index (χ2n) is 4.92. The van der Waals surface area contributed by atoms with Crippen LogP contribution in [0.2, 0.25) is 0 Å². The minimum Gasteiger partial charge on any atom is -0.508 e. The van der Waals surface area contributed by atoms with Gasteiger partial charge in [0.1, 0.15) is 16.8 Å². The Labute approximate surface area is 124 Å². The zero-order valence-corrected chi connectivity index (χ0v) is 12.2. The number of benzene rings is 1. The van der Waals surface area contributed by atoms with E-state index in [4.69, 9.17) is 0 Å². The molecular weight excluding hydrogens is 288 g/mol. The van der Waals surface area contributed by atoms with Crippen LogP contribution in [0.1, 0.15) is 11.8 Å². The highest BCUT2D eigenvalue weighted by Gasteiger charge is 2.11. The number of phenols is 1. The number of fused-ring (bicyclic) bond motifs is 1. The number of aromatic hydroxyl groups is 1. The van der Waals surface area contributed by atoms with Gasteiger partial charge in [0.05, 0.1) is 17.3 Å². The smallest absolute Gasteiger partial charge is 0.275 e. The van der Waals surface area contributed by atoms with Crippen molar-refractivity contribution in [3.05, 3.63) is 51.9 Å². The van der Waals surface area contributed by atoms with Crippen LogP contribution in [0.25, 0.3) is 15.9 Å². The Bertz CT molecular complexity index is 834. The van der Waals surface area contributed by atoms with Gasteiger partial charge in [-0.25, -0.2) is 4.98 Å². The number of hydrogen-bond donors (Lipinski definition) is 2. The molecule has 3 aromatic rings. The lowest BCUT2D eigenvalue weighted by atomic mass is 10.2. The first-order valence-electron chi connectivity index (χ1n) is 6.52. The molecule has 0 fully saturated rings. The van der Waals surface area contributed by atoms with Gasteiger partial charge in [0.25, 0.3) is 5.56 Å². The fourth-order valence-corrected chi connectivity index (χ4v) is 3.31. The Morgan fingerprint density at radius 3 is 2.71 bits per heavy atom. The van der Waals surface area contributed by atoms with E-state index in [1.54, 1.807) is 19.1 Å². The molecule has 1 aromatic carbocycles. The minimum atomic E-state index is -0.447. The third kappa shape index (κ3) is 2.68. The van der Waals surface area contributed by atoms with Crippen molar-refractivity contribution in [3.8, 4) is 11.4 Å². The first-order valence-corrected chi connectivity index (χ1v) is 7.34. The van der Waals surface area contributed by atoms with Crippen LogP contribution in [-0.4, -0.2) is 25.9 Å². The number of nitrogens with zero attached hydrogens (tertiary/aromatic N) is 2. The lowest BCUT2D eigenvalue weighted by molar-refractivity contribution is 0.196. The molecule has 6 heteroatoms. The Kier molecular flexibility index (Phi) is 3.48. The second kappa shape index (κ2) is 5.31. The quantitative estimate of drug-likeness (QED) is 0.776. The first kappa shape index (κ1) is 13.8. The van der Waals surface area contributed by atoms with Gasteiger partial charge in [-0.2, -0.15) is 0 Å². The molecule has 0 saturated heterocycles. The van der Waals surface area contributed by atoms with Crippen molar-refractivity contribution in [2.75, 3.05) is 0 Å². The van der Waals surface area contributed by atoms with Gasteiger partial charge in [0.2, 0.25) is 0 Å². The number of aliphatic hydroxyl groups excluding tert-OH is 1. The van der Waals surface area contributed by atoms with Gasteiger partial charge < -0.3 is 10.2 Å². The topological polar surface area (TPSA) is 75.3 Å². The molecule has 1 atom stereocenters. The van der Waals surface area contributed by atoms with Crippen molar-refractivity contribution in [1.29, 1.82) is 0 Å². The van der Waals surface area contributed by atoms with Crippen LogP contribution in [0, 0.1) is 0 Å². The maximum atomic E-state index is 12.5.